The zero-order valence-electron chi connectivity index (χ0n) is 18.0. The van der Waals surface area contributed by atoms with Crippen molar-refractivity contribution in [3.8, 4) is 17.6 Å². The number of likely N-dealkylation sites (N-methyl/N-ethyl adjacent to an activating group) is 1. The molecule has 0 amide bonds. The van der Waals surface area contributed by atoms with Gasteiger partial charge in [-0.2, -0.15) is 4.98 Å². The Kier molecular flexibility index (Phi) is 7.26. The van der Waals surface area contributed by atoms with Crippen LogP contribution in [0.1, 0.15) is 31.7 Å². The number of methoxy groups -OCH3 is 1. The number of ketones is 1. The maximum absolute atomic E-state index is 12.0. The van der Waals surface area contributed by atoms with Crippen LogP contribution in [0.15, 0.2) is 30.5 Å². The first-order valence-corrected chi connectivity index (χ1v) is 10.2. The Morgan fingerprint density at radius 1 is 1.27 bits per heavy atom. The molecule has 0 saturated heterocycles. The van der Waals surface area contributed by atoms with Crippen LogP contribution in [0.4, 0.5) is 17.5 Å². The second-order valence-electron chi connectivity index (χ2n) is 7.54. The molecule has 0 aliphatic heterocycles. The van der Waals surface area contributed by atoms with Crippen LogP contribution >= 0.6 is 0 Å². The number of aromatic nitrogens is 2. The molecule has 2 aromatic rings. The second-order valence-corrected chi connectivity index (χ2v) is 7.54. The standard InChI is InChI=1S/C23H29N5O2/c1-15(24-2)21(29)13-17-11-16(12-17)5-6-18-14-26-23(25-3)28-22(18)27-19-7-9-20(30-4)10-8-19/h7-10,14-17,24H,11-13H2,1-4H3,(H2,25,26,27,28)/t15-,16?,17?/m0/s1. The highest BCUT2D eigenvalue weighted by Crippen LogP contribution is 2.36. The fraction of sp³-hybridized carbons (Fsp3) is 0.435. The lowest BCUT2D eigenvalue weighted by Gasteiger charge is -2.32. The summed E-state index contributed by atoms with van der Waals surface area (Å²) in [4.78, 5) is 20.9. The highest BCUT2D eigenvalue weighted by Gasteiger charge is 2.30. The molecule has 1 heterocycles. The van der Waals surface area contributed by atoms with Crippen molar-refractivity contribution in [2.24, 2.45) is 11.8 Å². The summed E-state index contributed by atoms with van der Waals surface area (Å²) in [6.45, 7) is 1.91. The number of benzene rings is 1. The summed E-state index contributed by atoms with van der Waals surface area (Å²) in [5.41, 5.74) is 1.63. The summed E-state index contributed by atoms with van der Waals surface area (Å²) < 4.78 is 5.20. The van der Waals surface area contributed by atoms with Gasteiger partial charge in [-0.3, -0.25) is 4.79 Å². The highest BCUT2D eigenvalue weighted by atomic mass is 16.5. The number of nitrogens with one attached hydrogen (secondary N) is 3. The van der Waals surface area contributed by atoms with E-state index < -0.39 is 0 Å². The zero-order valence-corrected chi connectivity index (χ0v) is 18.0. The van der Waals surface area contributed by atoms with Crippen molar-refractivity contribution >= 4 is 23.2 Å². The van der Waals surface area contributed by atoms with Crippen LogP contribution in [-0.2, 0) is 4.79 Å². The van der Waals surface area contributed by atoms with E-state index in [1.54, 1.807) is 20.4 Å². The Labute approximate surface area is 178 Å². The molecule has 1 aliphatic carbocycles. The minimum atomic E-state index is -0.0791. The molecule has 1 saturated carbocycles. The molecule has 1 aliphatic rings. The SMILES string of the molecule is CNc1ncc(C#CC2CC(CC(=O)[C@H](C)NC)C2)c(Nc2ccc(OC)cc2)n1. The molecular weight excluding hydrogens is 378 g/mol. The van der Waals surface area contributed by atoms with Gasteiger partial charge < -0.3 is 20.7 Å². The maximum atomic E-state index is 12.0. The zero-order chi connectivity index (χ0) is 21.5. The normalized spacial score (nSPS) is 18.4. The molecule has 1 aromatic heterocycles. The Balaban J connectivity index is 1.66. The molecule has 7 nitrogen and oxygen atoms in total. The number of hydrogen-bond donors (Lipinski definition) is 3. The summed E-state index contributed by atoms with van der Waals surface area (Å²) >= 11 is 0. The number of nitrogens with zero attached hydrogens (tertiary/aromatic N) is 2. The van der Waals surface area contributed by atoms with E-state index in [1.165, 1.54) is 0 Å². The quantitative estimate of drug-likeness (QED) is 0.579. The predicted octanol–water partition coefficient (Wildman–Crippen LogP) is 3.22. The average molecular weight is 408 g/mol. The van der Waals surface area contributed by atoms with Gasteiger partial charge in [-0.15, -0.1) is 0 Å². The van der Waals surface area contributed by atoms with E-state index in [-0.39, 0.29) is 11.8 Å². The molecule has 0 bridgehead atoms. The lowest BCUT2D eigenvalue weighted by molar-refractivity contribution is -0.122. The van der Waals surface area contributed by atoms with Gasteiger partial charge in [0.15, 0.2) is 5.82 Å². The van der Waals surface area contributed by atoms with Gasteiger partial charge in [-0.25, -0.2) is 4.98 Å². The van der Waals surface area contributed by atoms with E-state index >= 15 is 0 Å². The van der Waals surface area contributed by atoms with Gasteiger partial charge in [-0.1, -0.05) is 11.8 Å². The molecule has 0 spiro atoms. The number of anilines is 3. The Morgan fingerprint density at radius 3 is 2.63 bits per heavy atom. The summed E-state index contributed by atoms with van der Waals surface area (Å²) in [5, 5.41) is 9.27. The first-order valence-electron chi connectivity index (χ1n) is 10.2. The molecule has 30 heavy (non-hydrogen) atoms. The summed E-state index contributed by atoms with van der Waals surface area (Å²) in [6.07, 6.45) is 4.29. The van der Waals surface area contributed by atoms with Crippen LogP contribution in [-0.4, -0.2) is 43.0 Å². The lowest BCUT2D eigenvalue weighted by atomic mass is 9.72. The molecule has 3 rings (SSSR count). The van der Waals surface area contributed by atoms with Gasteiger partial charge in [0.05, 0.1) is 24.9 Å². The second kappa shape index (κ2) is 10.1. The summed E-state index contributed by atoms with van der Waals surface area (Å²) in [6, 6.07) is 7.55. The summed E-state index contributed by atoms with van der Waals surface area (Å²) in [5.74, 6) is 9.55. The first kappa shape index (κ1) is 21.6. The molecule has 0 unspecified atom stereocenters. The van der Waals surface area contributed by atoms with Gasteiger partial charge in [0, 0.05) is 25.1 Å². The van der Waals surface area contributed by atoms with E-state index in [4.69, 9.17) is 4.74 Å². The van der Waals surface area contributed by atoms with Crippen molar-refractivity contribution in [2.45, 2.75) is 32.2 Å². The molecule has 1 aromatic carbocycles. The number of ether oxygens (including phenoxy) is 1. The molecule has 0 radical (unpaired) electrons. The number of Topliss-reactive ketones (excluding diaryl/α,β-unsaturated/α-hetero) is 1. The molecule has 3 N–H and O–H groups in total. The van der Waals surface area contributed by atoms with Crippen LogP contribution in [0, 0.1) is 23.7 Å². The predicted molar refractivity (Wildman–Crippen MR) is 119 cm³/mol. The fourth-order valence-corrected chi connectivity index (χ4v) is 3.32. The largest absolute Gasteiger partial charge is 0.497 e. The number of carbonyl (C=O) groups is 1. The van der Waals surface area contributed by atoms with Gasteiger partial charge >= 0.3 is 0 Å². The van der Waals surface area contributed by atoms with Gasteiger partial charge in [0.2, 0.25) is 5.95 Å². The fourth-order valence-electron chi connectivity index (χ4n) is 3.32. The average Bonchev–Trinajstić information content (AvgIpc) is 2.75. The summed E-state index contributed by atoms with van der Waals surface area (Å²) in [7, 11) is 5.24. The van der Waals surface area contributed by atoms with E-state index in [0.717, 1.165) is 29.8 Å². The van der Waals surface area contributed by atoms with E-state index in [9.17, 15) is 4.79 Å². The van der Waals surface area contributed by atoms with Gasteiger partial charge in [-0.05, 0) is 57.0 Å². The molecule has 158 valence electrons. The Morgan fingerprint density at radius 2 is 2.00 bits per heavy atom. The highest BCUT2D eigenvalue weighted by molar-refractivity contribution is 5.83. The third-order valence-corrected chi connectivity index (χ3v) is 5.42. The van der Waals surface area contributed by atoms with Gasteiger partial charge in [0.25, 0.3) is 0 Å². The van der Waals surface area contributed by atoms with E-state index in [2.05, 4.69) is 37.8 Å². The van der Waals surface area contributed by atoms with Crippen LogP contribution < -0.4 is 20.7 Å². The number of rotatable bonds is 8. The number of hydrogen-bond acceptors (Lipinski definition) is 7. The monoisotopic (exact) mass is 407 g/mol. The third kappa shape index (κ3) is 5.49. The topological polar surface area (TPSA) is 88.2 Å². The third-order valence-electron chi connectivity index (χ3n) is 5.42. The molecule has 7 heteroatoms. The van der Waals surface area contributed by atoms with Crippen molar-refractivity contribution in [1.82, 2.24) is 15.3 Å². The minimum absolute atomic E-state index is 0.0791. The van der Waals surface area contributed by atoms with Crippen LogP contribution in [0.25, 0.3) is 0 Å². The lowest BCUT2D eigenvalue weighted by Crippen LogP contribution is -2.34. The molecule has 1 fully saturated rings. The van der Waals surface area contributed by atoms with Crippen LogP contribution in [0.2, 0.25) is 0 Å². The maximum Gasteiger partial charge on any atom is 0.224 e. The van der Waals surface area contributed by atoms with Gasteiger partial charge in [0.1, 0.15) is 11.5 Å². The number of carbonyl (C=O) groups excluding carboxylic acids is 1. The van der Waals surface area contributed by atoms with Crippen molar-refractivity contribution in [3.05, 3.63) is 36.0 Å². The van der Waals surface area contributed by atoms with Crippen molar-refractivity contribution < 1.29 is 9.53 Å². The van der Waals surface area contributed by atoms with E-state index in [0.29, 0.717) is 30.0 Å². The van der Waals surface area contributed by atoms with Crippen LogP contribution in [0.5, 0.6) is 5.75 Å². The Hall–Kier alpha value is -3.11. The van der Waals surface area contributed by atoms with Crippen molar-refractivity contribution in [3.63, 3.8) is 0 Å². The minimum Gasteiger partial charge on any atom is -0.497 e. The first-order chi connectivity index (χ1) is 14.5. The van der Waals surface area contributed by atoms with E-state index in [1.807, 2.05) is 38.2 Å². The molecule has 1 atom stereocenters. The Bertz CT molecular complexity index is 927. The van der Waals surface area contributed by atoms with Crippen molar-refractivity contribution in [1.29, 1.82) is 0 Å². The molecular formula is C23H29N5O2. The van der Waals surface area contributed by atoms with Crippen molar-refractivity contribution in [2.75, 3.05) is 31.8 Å². The smallest absolute Gasteiger partial charge is 0.224 e. The van der Waals surface area contributed by atoms with Crippen LogP contribution in [0.3, 0.4) is 0 Å².